The van der Waals surface area contributed by atoms with E-state index in [-0.39, 0.29) is 17.2 Å². The molecule has 1 heterocycles. The van der Waals surface area contributed by atoms with Crippen LogP contribution in [0.4, 0.5) is 0 Å². The van der Waals surface area contributed by atoms with Gasteiger partial charge in [0.2, 0.25) is 0 Å². The largest absolute Gasteiger partial charge is 0.481 e. The van der Waals surface area contributed by atoms with E-state index in [1.165, 1.54) is 4.31 Å². The minimum Gasteiger partial charge on any atom is -0.481 e. The van der Waals surface area contributed by atoms with Gasteiger partial charge in [-0.25, -0.2) is 8.42 Å². The summed E-state index contributed by atoms with van der Waals surface area (Å²) < 4.78 is 26.0. The van der Waals surface area contributed by atoms with Crippen molar-refractivity contribution < 1.29 is 18.3 Å². The smallest absolute Gasteiger partial charge is 0.304 e. The van der Waals surface area contributed by atoms with Crippen LogP contribution in [0.2, 0.25) is 0 Å². The second-order valence-electron chi connectivity index (χ2n) is 3.83. The van der Waals surface area contributed by atoms with E-state index in [4.69, 9.17) is 5.11 Å². The van der Waals surface area contributed by atoms with Crippen molar-refractivity contribution in [1.82, 2.24) is 4.31 Å². The van der Waals surface area contributed by atoms with Crippen LogP contribution >= 0.6 is 11.3 Å². The number of aliphatic carboxylic acids is 1. The maximum Gasteiger partial charge on any atom is 0.304 e. The lowest BCUT2D eigenvalue weighted by Gasteiger charge is -2.20. The van der Waals surface area contributed by atoms with Gasteiger partial charge in [-0.05, 0) is 17.9 Å². The molecule has 0 aromatic carbocycles. The topological polar surface area (TPSA) is 74.7 Å². The van der Waals surface area contributed by atoms with Gasteiger partial charge in [0.05, 0.1) is 6.42 Å². The Kier molecular flexibility index (Phi) is 5.77. The SMILES string of the molecule is CCCCN(CCC(=O)O)S(=O)(=O)c1cccs1. The third-order valence-corrected chi connectivity index (χ3v) is 5.70. The van der Waals surface area contributed by atoms with Gasteiger partial charge in [-0.15, -0.1) is 11.3 Å². The molecule has 0 saturated carbocycles. The highest BCUT2D eigenvalue weighted by atomic mass is 32.2. The van der Waals surface area contributed by atoms with Gasteiger partial charge >= 0.3 is 5.97 Å². The van der Waals surface area contributed by atoms with E-state index in [0.717, 1.165) is 24.2 Å². The number of nitrogens with zero attached hydrogens (tertiary/aromatic N) is 1. The van der Waals surface area contributed by atoms with Crippen molar-refractivity contribution in [1.29, 1.82) is 0 Å². The van der Waals surface area contributed by atoms with Gasteiger partial charge in [0.25, 0.3) is 10.0 Å². The van der Waals surface area contributed by atoms with Gasteiger partial charge < -0.3 is 5.11 Å². The molecule has 1 aromatic rings. The van der Waals surface area contributed by atoms with Crippen molar-refractivity contribution in [3.8, 4) is 0 Å². The maximum atomic E-state index is 12.3. The van der Waals surface area contributed by atoms with Crippen LogP contribution in [0.25, 0.3) is 0 Å². The molecule has 0 aliphatic heterocycles. The molecule has 0 atom stereocenters. The predicted molar refractivity (Wildman–Crippen MR) is 70.2 cm³/mol. The molecule has 7 heteroatoms. The number of thiophene rings is 1. The molecule has 0 spiro atoms. The van der Waals surface area contributed by atoms with Gasteiger partial charge in [0.15, 0.2) is 0 Å². The van der Waals surface area contributed by atoms with Crippen molar-refractivity contribution in [2.75, 3.05) is 13.1 Å². The van der Waals surface area contributed by atoms with E-state index < -0.39 is 16.0 Å². The third-order valence-electron chi connectivity index (χ3n) is 2.43. The first-order chi connectivity index (χ1) is 8.48. The van der Waals surface area contributed by atoms with Gasteiger partial charge in [0.1, 0.15) is 4.21 Å². The fourth-order valence-corrected chi connectivity index (χ4v) is 4.07. The van der Waals surface area contributed by atoms with Crippen molar-refractivity contribution >= 4 is 27.3 Å². The van der Waals surface area contributed by atoms with Crippen LogP contribution in [-0.2, 0) is 14.8 Å². The first kappa shape index (κ1) is 15.1. The number of sulfonamides is 1. The molecule has 1 aromatic heterocycles. The summed E-state index contributed by atoms with van der Waals surface area (Å²) in [5.74, 6) is -0.988. The Morgan fingerprint density at radius 3 is 2.67 bits per heavy atom. The van der Waals surface area contributed by atoms with Gasteiger partial charge in [-0.3, -0.25) is 4.79 Å². The summed E-state index contributed by atoms with van der Waals surface area (Å²) >= 11 is 1.15. The molecule has 0 aliphatic rings. The molecule has 0 amide bonds. The first-order valence-electron chi connectivity index (χ1n) is 5.74. The molecule has 0 aliphatic carbocycles. The van der Waals surface area contributed by atoms with Crippen molar-refractivity contribution in [3.05, 3.63) is 17.5 Å². The standard InChI is InChI=1S/C11H17NO4S2/c1-2-3-7-12(8-6-10(13)14)18(15,16)11-5-4-9-17-11/h4-5,9H,2-3,6-8H2,1H3,(H,13,14). The molecule has 102 valence electrons. The minimum atomic E-state index is -3.54. The number of hydrogen-bond donors (Lipinski definition) is 1. The fourth-order valence-electron chi connectivity index (χ4n) is 1.44. The van der Waals surface area contributed by atoms with Crippen molar-refractivity contribution in [3.63, 3.8) is 0 Å². The molecule has 1 rings (SSSR count). The van der Waals surface area contributed by atoms with E-state index in [1.807, 2.05) is 6.92 Å². The number of carboxylic acid groups (broad SMARTS) is 1. The van der Waals surface area contributed by atoms with Gasteiger partial charge in [-0.1, -0.05) is 19.4 Å². The Labute approximate surface area is 111 Å². The summed E-state index contributed by atoms with van der Waals surface area (Å²) in [6, 6.07) is 3.21. The summed E-state index contributed by atoms with van der Waals surface area (Å²) in [6.45, 7) is 2.35. The number of carbonyl (C=O) groups is 1. The monoisotopic (exact) mass is 291 g/mol. The van der Waals surface area contributed by atoms with Crippen molar-refractivity contribution in [2.45, 2.75) is 30.4 Å². The predicted octanol–water partition coefficient (Wildman–Crippen LogP) is 2.01. The summed E-state index contributed by atoms with van der Waals surface area (Å²) in [6.07, 6.45) is 1.42. The number of hydrogen-bond acceptors (Lipinski definition) is 4. The number of unbranched alkanes of at least 4 members (excludes halogenated alkanes) is 1. The molecule has 0 radical (unpaired) electrons. The lowest BCUT2D eigenvalue weighted by Crippen LogP contribution is -2.33. The molecule has 18 heavy (non-hydrogen) atoms. The molecule has 0 unspecified atom stereocenters. The summed E-state index contributed by atoms with van der Waals surface area (Å²) in [5.41, 5.74) is 0. The highest BCUT2D eigenvalue weighted by Crippen LogP contribution is 2.21. The van der Waals surface area contributed by atoms with E-state index >= 15 is 0 Å². The average molecular weight is 291 g/mol. The highest BCUT2D eigenvalue weighted by molar-refractivity contribution is 7.91. The lowest BCUT2D eigenvalue weighted by atomic mass is 10.3. The first-order valence-corrected chi connectivity index (χ1v) is 8.06. The number of carboxylic acids is 1. The van der Waals surface area contributed by atoms with E-state index in [1.54, 1.807) is 17.5 Å². The van der Waals surface area contributed by atoms with Crippen LogP contribution in [0.3, 0.4) is 0 Å². The van der Waals surface area contributed by atoms with E-state index in [9.17, 15) is 13.2 Å². The summed E-state index contributed by atoms with van der Waals surface area (Å²) in [4.78, 5) is 10.6. The minimum absolute atomic E-state index is 0.0234. The second-order valence-corrected chi connectivity index (χ2v) is 6.95. The normalized spacial score (nSPS) is 11.9. The van der Waals surface area contributed by atoms with Crippen LogP contribution in [0, 0.1) is 0 Å². The highest BCUT2D eigenvalue weighted by Gasteiger charge is 2.25. The van der Waals surface area contributed by atoms with Gasteiger partial charge in [-0.2, -0.15) is 4.31 Å². The molecule has 1 N–H and O–H groups in total. The van der Waals surface area contributed by atoms with E-state index in [0.29, 0.717) is 6.54 Å². The average Bonchev–Trinajstić information content (AvgIpc) is 2.82. The Hall–Kier alpha value is -0.920. The summed E-state index contributed by atoms with van der Waals surface area (Å²) in [5, 5.41) is 10.4. The van der Waals surface area contributed by atoms with Gasteiger partial charge in [0, 0.05) is 13.1 Å². The van der Waals surface area contributed by atoms with Crippen LogP contribution in [0.1, 0.15) is 26.2 Å². The number of rotatable bonds is 8. The Morgan fingerprint density at radius 2 is 2.17 bits per heavy atom. The zero-order valence-corrected chi connectivity index (χ0v) is 11.8. The zero-order valence-electron chi connectivity index (χ0n) is 10.2. The van der Waals surface area contributed by atoms with Crippen LogP contribution in [-0.4, -0.2) is 36.9 Å². The Balaban J connectivity index is 2.84. The maximum absolute atomic E-state index is 12.3. The summed E-state index contributed by atoms with van der Waals surface area (Å²) in [7, 11) is -3.54. The second kappa shape index (κ2) is 6.86. The molecule has 0 saturated heterocycles. The molecule has 0 bridgehead atoms. The Morgan fingerprint density at radius 1 is 1.44 bits per heavy atom. The van der Waals surface area contributed by atoms with E-state index in [2.05, 4.69) is 0 Å². The third kappa shape index (κ3) is 4.08. The van der Waals surface area contributed by atoms with Crippen molar-refractivity contribution in [2.24, 2.45) is 0 Å². The molecular weight excluding hydrogens is 274 g/mol. The Bertz CT molecular complexity index is 467. The van der Waals surface area contributed by atoms with Crippen LogP contribution < -0.4 is 0 Å². The molecule has 0 fully saturated rings. The van der Waals surface area contributed by atoms with Crippen LogP contribution in [0.5, 0.6) is 0 Å². The molecule has 5 nitrogen and oxygen atoms in total. The zero-order chi connectivity index (χ0) is 13.6. The fraction of sp³-hybridized carbons (Fsp3) is 0.545. The quantitative estimate of drug-likeness (QED) is 0.795. The van der Waals surface area contributed by atoms with Crippen LogP contribution in [0.15, 0.2) is 21.7 Å². The lowest BCUT2D eigenvalue weighted by molar-refractivity contribution is -0.137. The molecular formula is C11H17NO4S2.